The normalized spacial score (nSPS) is 17.8. The molecule has 2 rings (SSSR count). The Hall–Kier alpha value is -1.09. The van der Waals surface area contributed by atoms with Crippen LogP contribution < -0.4 is 0 Å². The van der Waals surface area contributed by atoms with Crippen LogP contribution in [0, 0.1) is 0 Å². The van der Waals surface area contributed by atoms with Gasteiger partial charge in [-0.05, 0) is 37.0 Å². The average Bonchev–Trinajstić information content (AvgIpc) is 2.40. The average molecular weight is 294 g/mol. The van der Waals surface area contributed by atoms with Crippen molar-refractivity contribution in [2.24, 2.45) is 0 Å². The molecule has 0 aromatic heterocycles. The van der Waals surface area contributed by atoms with Crippen molar-refractivity contribution in [3.05, 3.63) is 45.6 Å². The number of allylic oxidation sites excluding steroid dienone is 1. The summed E-state index contributed by atoms with van der Waals surface area (Å²) in [6.07, 6.45) is 4.83. The van der Waals surface area contributed by atoms with Crippen LogP contribution in [0.1, 0.15) is 28.8 Å². The van der Waals surface area contributed by atoms with Gasteiger partial charge in [0.15, 0.2) is 5.78 Å². The molecule has 0 bridgehead atoms. The molecule has 17 heavy (non-hydrogen) atoms. The maximum Gasteiger partial charge on any atom is 0.190 e. The van der Waals surface area contributed by atoms with Crippen LogP contribution in [-0.2, 0) is 6.42 Å². The summed E-state index contributed by atoms with van der Waals surface area (Å²) in [5, 5.41) is 0. The van der Waals surface area contributed by atoms with Gasteiger partial charge in [0, 0.05) is 35.9 Å². The highest BCUT2D eigenvalue weighted by Gasteiger charge is 2.20. The second kappa shape index (κ2) is 5.05. The summed E-state index contributed by atoms with van der Waals surface area (Å²) >= 11 is 3.43. The van der Waals surface area contributed by atoms with E-state index in [9.17, 15) is 4.79 Å². The van der Waals surface area contributed by atoms with Gasteiger partial charge in [-0.15, -0.1) is 0 Å². The van der Waals surface area contributed by atoms with E-state index < -0.39 is 0 Å². The van der Waals surface area contributed by atoms with Gasteiger partial charge in [0.05, 0.1) is 0 Å². The summed E-state index contributed by atoms with van der Waals surface area (Å²) in [6.45, 7) is 0. The van der Waals surface area contributed by atoms with Gasteiger partial charge < -0.3 is 4.90 Å². The number of Topliss-reactive ketones (excluding diaryl/α,β-unsaturated/α-hetero) is 1. The lowest BCUT2D eigenvalue weighted by Crippen LogP contribution is -2.09. The zero-order valence-corrected chi connectivity index (χ0v) is 11.8. The zero-order valence-electron chi connectivity index (χ0n) is 10.2. The Bertz CT molecular complexity index is 477. The Morgan fingerprint density at radius 3 is 2.76 bits per heavy atom. The van der Waals surface area contributed by atoms with Gasteiger partial charge in [-0.2, -0.15) is 0 Å². The molecule has 0 saturated carbocycles. The minimum atomic E-state index is 0.174. The monoisotopic (exact) mass is 293 g/mol. The minimum Gasteiger partial charge on any atom is -0.383 e. The number of hydrogen-bond donors (Lipinski definition) is 0. The first-order valence-corrected chi connectivity index (χ1v) is 6.57. The Morgan fingerprint density at radius 1 is 1.29 bits per heavy atom. The van der Waals surface area contributed by atoms with E-state index in [4.69, 9.17) is 0 Å². The van der Waals surface area contributed by atoms with Crippen LogP contribution in [0.5, 0.6) is 0 Å². The maximum atomic E-state index is 12.4. The molecule has 2 nitrogen and oxygen atoms in total. The van der Waals surface area contributed by atoms with Gasteiger partial charge in [-0.25, -0.2) is 0 Å². The smallest absolute Gasteiger partial charge is 0.190 e. The van der Waals surface area contributed by atoms with E-state index in [1.54, 1.807) is 0 Å². The lowest BCUT2D eigenvalue weighted by molar-refractivity contribution is 0.103. The molecule has 1 aromatic carbocycles. The molecule has 90 valence electrons. The van der Waals surface area contributed by atoms with Crippen LogP contribution >= 0.6 is 15.9 Å². The van der Waals surface area contributed by atoms with E-state index in [-0.39, 0.29) is 5.78 Å². The van der Waals surface area contributed by atoms with E-state index in [1.165, 1.54) is 5.56 Å². The highest BCUT2D eigenvalue weighted by atomic mass is 79.9. The maximum absolute atomic E-state index is 12.4. The number of carbonyl (C=O) groups excluding carboxylic acids is 1. The molecule has 0 heterocycles. The van der Waals surface area contributed by atoms with Gasteiger partial charge in [0.25, 0.3) is 0 Å². The predicted octanol–water partition coefficient (Wildman–Crippen LogP) is 3.41. The summed E-state index contributed by atoms with van der Waals surface area (Å²) in [5.74, 6) is 0.174. The molecule has 0 atom stereocenters. The van der Waals surface area contributed by atoms with E-state index in [2.05, 4.69) is 22.0 Å². The topological polar surface area (TPSA) is 20.3 Å². The number of rotatable bonds is 1. The fraction of sp³-hybridized carbons (Fsp3) is 0.357. The number of halogens is 1. The number of fused-ring (bicyclic) bond motifs is 1. The molecule has 0 radical (unpaired) electrons. The van der Waals surface area contributed by atoms with Crippen molar-refractivity contribution in [2.45, 2.75) is 19.3 Å². The first-order chi connectivity index (χ1) is 8.08. The standard InChI is InChI=1S/C14H16BrNO/c1-16(2)9-11-5-3-4-10-6-7-12(15)8-13(10)14(11)17/h6-9H,3-5H2,1-2H3. The number of ketones is 1. The third kappa shape index (κ3) is 2.78. The predicted molar refractivity (Wildman–Crippen MR) is 73.2 cm³/mol. The van der Waals surface area contributed by atoms with Crippen LogP contribution in [-0.4, -0.2) is 24.8 Å². The number of hydrogen-bond acceptors (Lipinski definition) is 2. The summed E-state index contributed by atoms with van der Waals surface area (Å²) in [4.78, 5) is 14.3. The van der Waals surface area contributed by atoms with Crippen molar-refractivity contribution in [3.63, 3.8) is 0 Å². The van der Waals surface area contributed by atoms with Crippen LogP contribution in [0.25, 0.3) is 0 Å². The number of aryl methyl sites for hydroxylation is 1. The third-order valence-electron chi connectivity index (χ3n) is 2.91. The molecule has 0 unspecified atom stereocenters. The molecule has 1 aliphatic rings. The Kier molecular flexibility index (Phi) is 3.67. The Labute approximate surface area is 110 Å². The first kappa shape index (κ1) is 12.4. The molecule has 0 saturated heterocycles. The summed E-state index contributed by atoms with van der Waals surface area (Å²) in [7, 11) is 3.90. The third-order valence-corrected chi connectivity index (χ3v) is 3.41. The zero-order chi connectivity index (χ0) is 12.4. The van der Waals surface area contributed by atoms with Crippen LogP contribution in [0.15, 0.2) is 34.4 Å². The molecule has 0 N–H and O–H groups in total. The molecular formula is C14H16BrNO. The van der Waals surface area contributed by atoms with Crippen molar-refractivity contribution < 1.29 is 4.79 Å². The van der Waals surface area contributed by atoms with Gasteiger partial charge in [-0.1, -0.05) is 22.0 Å². The number of benzene rings is 1. The van der Waals surface area contributed by atoms with Crippen LogP contribution in [0.2, 0.25) is 0 Å². The molecule has 0 spiro atoms. The molecule has 3 heteroatoms. The van der Waals surface area contributed by atoms with Gasteiger partial charge in [0.2, 0.25) is 0 Å². The van der Waals surface area contributed by atoms with Gasteiger partial charge in [0.1, 0.15) is 0 Å². The molecule has 0 amide bonds. The van der Waals surface area contributed by atoms with Gasteiger partial charge in [-0.3, -0.25) is 4.79 Å². The van der Waals surface area contributed by atoms with Crippen LogP contribution in [0.4, 0.5) is 0 Å². The highest BCUT2D eigenvalue weighted by molar-refractivity contribution is 9.10. The lowest BCUT2D eigenvalue weighted by atomic mass is 10.0. The Morgan fingerprint density at radius 2 is 2.06 bits per heavy atom. The molecule has 1 aromatic rings. The SMILES string of the molecule is CN(C)C=C1CCCc2ccc(Br)cc2C1=O. The van der Waals surface area contributed by atoms with Crippen molar-refractivity contribution in [1.82, 2.24) is 4.90 Å². The molecule has 1 aliphatic carbocycles. The quantitative estimate of drug-likeness (QED) is 0.584. The molecule has 0 aliphatic heterocycles. The highest BCUT2D eigenvalue weighted by Crippen LogP contribution is 2.26. The summed E-state index contributed by atoms with van der Waals surface area (Å²) < 4.78 is 0.968. The van der Waals surface area contributed by atoms with Crippen LogP contribution in [0.3, 0.4) is 0 Å². The van der Waals surface area contributed by atoms with Crippen molar-refractivity contribution in [3.8, 4) is 0 Å². The van der Waals surface area contributed by atoms with E-state index >= 15 is 0 Å². The van der Waals surface area contributed by atoms with E-state index in [1.807, 2.05) is 37.3 Å². The second-order valence-electron chi connectivity index (χ2n) is 4.60. The number of carbonyl (C=O) groups is 1. The Balaban J connectivity index is 2.45. The summed E-state index contributed by atoms with van der Waals surface area (Å²) in [5.41, 5.74) is 2.93. The fourth-order valence-corrected chi connectivity index (χ4v) is 2.53. The minimum absolute atomic E-state index is 0.174. The number of nitrogens with zero attached hydrogens (tertiary/aromatic N) is 1. The lowest BCUT2D eigenvalue weighted by Gasteiger charge is -2.09. The van der Waals surface area contributed by atoms with Crippen molar-refractivity contribution in [1.29, 1.82) is 0 Å². The van der Waals surface area contributed by atoms with Crippen molar-refractivity contribution in [2.75, 3.05) is 14.1 Å². The van der Waals surface area contributed by atoms with Gasteiger partial charge >= 0.3 is 0 Å². The van der Waals surface area contributed by atoms with Crippen molar-refractivity contribution >= 4 is 21.7 Å². The van der Waals surface area contributed by atoms with E-state index in [0.717, 1.165) is 34.9 Å². The second-order valence-corrected chi connectivity index (χ2v) is 5.52. The fourth-order valence-electron chi connectivity index (χ4n) is 2.17. The van der Waals surface area contributed by atoms with E-state index in [0.29, 0.717) is 0 Å². The molecule has 0 fully saturated rings. The molecular weight excluding hydrogens is 278 g/mol. The first-order valence-electron chi connectivity index (χ1n) is 5.78. The summed E-state index contributed by atoms with van der Waals surface area (Å²) in [6, 6.07) is 6.00. The largest absolute Gasteiger partial charge is 0.383 e.